The topological polar surface area (TPSA) is 72.3 Å². The lowest BCUT2D eigenvalue weighted by atomic mass is 10.5. The van der Waals surface area contributed by atoms with E-state index >= 15 is 0 Å². The third-order valence-electron chi connectivity index (χ3n) is 2.18. The normalized spacial score (nSPS) is 11.1. The average molecular weight is 235 g/mol. The Labute approximate surface area is 95.3 Å². The van der Waals surface area contributed by atoms with Gasteiger partial charge in [0.1, 0.15) is 5.52 Å². The van der Waals surface area contributed by atoms with Gasteiger partial charge in [-0.1, -0.05) is 0 Å². The number of rotatable bonds is 1. The van der Waals surface area contributed by atoms with E-state index in [2.05, 4.69) is 25.0 Å². The summed E-state index contributed by atoms with van der Waals surface area (Å²) in [6.45, 7) is 1.91. The largest absolute Gasteiger partial charge is 0.340 e. The van der Waals surface area contributed by atoms with Gasteiger partial charge in [-0.05, 0) is 24.6 Å². The number of halogens is 1. The van der Waals surface area contributed by atoms with Gasteiger partial charge in [0, 0.05) is 6.20 Å². The molecule has 0 atom stereocenters. The molecule has 3 heterocycles. The van der Waals surface area contributed by atoms with Crippen molar-refractivity contribution in [1.29, 1.82) is 0 Å². The number of aromatic nitrogens is 6. The van der Waals surface area contributed by atoms with Crippen LogP contribution in [0.2, 0.25) is 5.28 Å². The van der Waals surface area contributed by atoms with Crippen LogP contribution >= 0.6 is 11.6 Å². The molecule has 16 heavy (non-hydrogen) atoms. The molecule has 3 rings (SSSR count). The molecule has 1 N–H and O–H groups in total. The van der Waals surface area contributed by atoms with Crippen molar-refractivity contribution < 1.29 is 0 Å². The second-order valence-electron chi connectivity index (χ2n) is 3.32. The SMILES string of the molecule is Cc1ccn(-c2nc(Cl)nc3nc[nH]c23)n1. The molecule has 6 nitrogen and oxygen atoms in total. The van der Waals surface area contributed by atoms with Crippen molar-refractivity contribution in [2.24, 2.45) is 0 Å². The standard InChI is InChI=1S/C9H7ClN6/c1-5-2-3-16(15-5)8-6-7(12-4-11-6)13-9(10)14-8/h2-4H,1H3,(H,11,12,13,14). The zero-order valence-electron chi connectivity index (χ0n) is 8.35. The number of aryl methyl sites for hydroxylation is 1. The van der Waals surface area contributed by atoms with Crippen LogP contribution in [0.5, 0.6) is 0 Å². The molecule has 0 aromatic carbocycles. The summed E-state index contributed by atoms with van der Waals surface area (Å²) in [5, 5.41) is 4.43. The van der Waals surface area contributed by atoms with E-state index in [4.69, 9.17) is 11.6 Å². The van der Waals surface area contributed by atoms with Crippen LogP contribution in [0.3, 0.4) is 0 Å². The smallest absolute Gasteiger partial charge is 0.226 e. The molecule has 0 aliphatic heterocycles. The van der Waals surface area contributed by atoms with Gasteiger partial charge in [0.15, 0.2) is 11.5 Å². The van der Waals surface area contributed by atoms with Gasteiger partial charge in [0.25, 0.3) is 0 Å². The van der Waals surface area contributed by atoms with E-state index in [0.717, 1.165) is 5.69 Å². The van der Waals surface area contributed by atoms with Crippen LogP contribution in [0.4, 0.5) is 0 Å². The average Bonchev–Trinajstić information content (AvgIpc) is 2.84. The fourth-order valence-electron chi connectivity index (χ4n) is 1.49. The van der Waals surface area contributed by atoms with Crippen LogP contribution in [0.1, 0.15) is 5.69 Å². The van der Waals surface area contributed by atoms with Crippen molar-refractivity contribution in [3.8, 4) is 5.82 Å². The van der Waals surface area contributed by atoms with E-state index < -0.39 is 0 Å². The van der Waals surface area contributed by atoms with E-state index in [-0.39, 0.29) is 5.28 Å². The van der Waals surface area contributed by atoms with Gasteiger partial charge in [0.05, 0.1) is 12.0 Å². The van der Waals surface area contributed by atoms with Crippen LogP contribution in [0.25, 0.3) is 17.0 Å². The summed E-state index contributed by atoms with van der Waals surface area (Å²) in [4.78, 5) is 15.1. The Balaban J connectivity index is 2.33. The number of nitrogens with one attached hydrogen (secondary N) is 1. The quantitative estimate of drug-likeness (QED) is 0.648. The van der Waals surface area contributed by atoms with Gasteiger partial charge in [-0.2, -0.15) is 15.1 Å². The Kier molecular flexibility index (Phi) is 1.90. The maximum Gasteiger partial charge on any atom is 0.226 e. The highest BCUT2D eigenvalue weighted by molar-refractivity contribution is 6.28. The Morgan fingerprint density at radius 2 is 2.25 bits per heavy atom. The first kappa shape index (κ1) is 9.29. The van der Waals surface area contributed by atoms with Gasteiger partial charge in [-0.15, -0.1) is 0 Å². The molecule has 0 aliphatic carbocycles. The minimum Gasteiger partial charge on any atom is -0.340 e. The van der Waals surface area contributed by atoms with E-state index in [0.29, 0.717) is 17.0 Å². The lowest BCUT2D eigenvalue weighted by molar-refractivity contribution is 0.834. The predicted molar refractivity (Wildman–Crippen MR) is 58.6 cm³/mol. The number of H-pyrrole nitrogens is 1. The van der Waals surface area contributed by atoms with E-state index in [1.807, 2.05) is 19.2 Å². The summed E-state index contributed by atoms with van der Waals surface area (Å²) in [5.74, 6) is 0.598. The summed E-state index contributed by atoms with van der Waals surface area (Å²) in [5.41, 5.74) is 2.15. The first-order valence-electron chi connectivity index (χ1n) is 4.63. The van der Waals surface area contributed by atoms with Gasteiger partial charge in [0.2, 0.25) is 5.28 Å². The summed E-state index contributed by atoms with van der Waals surface area (Å²) in [6.07, 6.45) is 3.36. The monoisotopic (exact) mass is 234 g/mol. The molecule has 0 unspecified atom stereocenters. The molecule has 80 valence electrons. The van der Waals surface area contributed by atoms with Gasteiger partial charge >= 0.3 is 0 Å². The number of fused-ring (bicyclic) bond motifs is 1. The van der Waals surface area contributed by atoms with E-state index in [1.54, 1.807) is 11.0 Å². The highest BCUT2D eigenvalue weighted by atomic mass is 35.5. The Morgan fingerprint density at radius 3 is 3.00 bits per heavy atom. The number of hydrogen-bond acceptors (Lipinski definition) is 4. The molecule has 7 heteroatoms. The molecule has 3 aromatic rings. The first-order chi connectivity index (χ1) is 7.74. The number of hydrogen-bond donors (Lipinski definition) is 1. The maximum absolute atomic E-state index is 5.82. The number of nitrogens with zero attached hydrogens (tertiary/aromatic N) is 5. The van der Waals surface area contributed by atoms with Crippen molar-refractivity contribution in [2.45, 2.75) is 6.92 Å². The molecule has 0 radical (unpaired) electrons. The van der Waals surface area contributed by atoms with Crippen LogP contribution < -0.4 is 0 Å². The molecule has 0 spiro atoms. The highest BCUT2D eigenvalue weighted by Gasteiger charge is 2.11. The lowest BCUT2D eigenvalue weighted by Gasteiger charge is -2.01. The summed E-state index contributed by atoms with van der Waals surface area (Å²) < 4.78 is 1.64. The maximum atomic E-state index is 5.82. The van der Waals surface area contributed by atoms with Crippen LogP contribution in [0.15, 0.2) is 18.6 Å². The minimum atomic E-state index is 0.155. The summed E-state index contributed by atoms with van der Waals surface area (Å²) in [7, 11) is 0. The minimum absolute atomic E-state index is 0.155. The first-order valence-corrected chi connectivity index (χ1v) is 5.01. The molecule has 0 fully saturated rings. The Hall–Kier alpha value is -1.95. The third-order valence-corrected chi connectivity index (χ3v) is 2.35. The molecule has 0 amide bonds. The number of aromatic amines is 1. The van der Waals surface area contributed by atoms with Crippen molar-refractivity contribution in [3.63, 3.8) is 0 Å². The van der Waals surface area contributed by atoms with Crippen molar-refractivity contribution in [2.75, 3.05) is 0 Å². The highest BCUT2D eigenvalue weighted by Crippen LogP contribution is 2.17. The fraction of sp³-hybridized carbons (Fsp3) is 0.111. The second kappa shape index (κ2) is 3.28. The lowest BCUT2D eigenvalue weighted by Crippen LogP contribution is -2.01. The van der Waals surface area contributed by atoms with Gasteiger partial charge in [-0.3, -0.25) is 0 Å². The molecule has 3 aromatic heterocycles. The molecule has 0 bridgehead atoms. The number of imidazole rings is 1. The Morgan fingerprint density at radius 1 is 1.38 bits per heavy atom. The zero-order valence-corrected chi connectivity index (χ0v) is 9.10. The molecular weight excluding hydrogens is 228 g/mol. The van der Waals surface area contributed by atoms with Crippen molar-refractivity contribution in [3.05, 3.63) is 29.6 Å². The second-order valence-corrected chi connectivity index (χ2v) is 3.66. The van der Waals surface area contributed by atoms with Gasteiger partial charge < -0.3 is 4.98 Å². The van der Waals surface area contributed by atoms with Crippen molar-refractivity contribution >= 4 is 22.8 Å². The van der Waals surface area contributed by atoms with Crippen LogP contribution in [0, 0.1) is 6.92 Å². The predicted octanol–water partition coefficient (Wildman–Crippen LogP) is 1.50. The van der Waals surface area contributed by atoms with E-state index in [9.17, 15) is 0 Å². The Bertz CT molecular complexity index is 655. The summed E-state index contributed by atoms with van der Waals surface area (Å²) in [6, 6.07) is 1.89. The zero-order chi connectivity index (χ0) is 11.1. The van der Waals surface area contributed by atoms with Crippen LogP contribution in [-0.4, -0.2) is 29.7 Å². The summed E-state index contributed by atoms with van der Waals surface area (Å²) >= 11 is 5.82. The van der Waals surface area contributed by atoms with Crippen molar-refractivity contribution in [1.82, 2.24) is 29.7 Å². The van der Waals surface area contributed by atoms with Gasteiger partial charge in [-0.25, -0.2) is 9.67 Å². The van der Waals surface area contributed by atoms with E-state index in [1.165, 1.54) is 0 Å². The molecule has 0 saturated heterocycles. The molecule has 0 saturated carbocycles. The molecular formula is C9H7ClN6. The fourth-order valence-corrected chi connectivity index (χ4v) is 1.65. The van der Waals surface area contributed by atoms with Crippen LogP contribution in [-0.2, 0) is 0 Å². The molecule has 0 aliphatic rings. The third kappa shape index (κ3) is 1.35.